The summed E-state index contributed by atoms with van der Waals surface area (Å²) in [4.78, 5) is 38.2. The fraction of sp³-hybridized carbons (Fsp3) is 0.350. The molecule has 0 spiro atoms. The highest BCUT2D eigenvalue weighted by Crippen LogP contribution is 2.29. The molecular formula is C20H22FN3O6S. The lowest BCUT2D eigenvalue weighted by Crippen LogP contribution is -2.50. The molecule has 0 saturated carbocycles. The first kappa shape index (κ1) is 22.6. The molecule has 166 valence electrons. The van der Waals surface area contributed by atoms with E-state index >= 15 is 0 Å². The Morgan fingerprint density at radius 3 is 2.55 bits per heavy atom. The van der Waals surface area contributed by atoms with Crippen molar-refractivity contribution < 1.29 is 27.6 Å². The zero-order valence-electron chi connectivity index (χ0n) is 17.2. The lowest BCUT2D eigenvalue weighted by molar-refractivity contribution is -0.131. The summed E-state index contributed by atoms with van der Waals surface area (Å²) in [5.74, 6) is -2.08. The number of hydrogen-bond acceptors (Lipinski definition) is 6. The molecule has 2 amide bonds. The molecule has 9 nitrogen and oxygen atoms in total. The van der Waals surface area contributed by atoms with Gasteiger partial charge in [0, 0.05) is 49.8 Å². The Morgan fingerprint density at radius 1 is 1.26 bits per heavy atom. The second-order valence-corrected chi connectivity index (χ2v) is 10.2. The van der Waals surface area contributed by atoms with Crippen molar-refractivity contribution in [3.05, 3.63) is 57.8 Å². The van der Waals surface area contributed by atoms with Crippen LogP contribution >= 0.6 is 0 Å². The number of amides is 2. The molecule has 1 aliphatic heterocycles. The third-order valence-corrected chi connectivity index (χ3v) is 7.74. The highest BCUT2D eigenvalue weighted by Gasteiger charge is 2.43. The average Bonchev–Trinajstić information content (AvgIpc) is 2.99. The van der Waals surface area contributed by atoms with Gasteiger partial charge in [0.15, 0.2) is 14.6 Å². The monoisotopic (exact) mass is 451 g/mol. The summed E-state index contributed by atoms with van der Waals surface area (Å²) in [7, 11) is -2.29. The number of sulfone groups is 1. The van der Waals surface area contributed by atoms with Gasteiger partial charge in [-0.05, 0) is 30.5 Å². The van der Waals surface area contributed by atoms with E-state index in [9.17, 15) is 27.2 Å². The summed E-state index contributed by atoms with van der Waals surface area (Å²) >= 11 is 0. The number of aromatic nitrogens is 1. The van der Waals surface area contributed by atoms with Crippen molar-refractivity contribution in [3.8, 4) is 11.1 Å². The SMILES string of the molecule is CN1Cc2ccc(-c3cc(=O)n(CCC(C)(C(=O)NO)S(C)(=O)=O)cc3F)cc2C1=O. The van der Waals surface area contributed by atoms with Crippen LogP contribution in [0.25, 0.3) is 11.1 Å². The highest BCUT2D eigenvalue weighted by molar-refractivity contribution is 7.92. The van der Waals surface area contributed by atoms with E-state index in [4.69, 9.17) is 5.21 Å². The van der Waals surface area contributed by atoms with Gasteiger partial charge in [-0.3, -0.25) is 19.6 Å². The zero-order chi connectivity index (χ0) is 23.1. The van der Waals surface area contributed by atoms with E-state index < -0.39 is 31.9 Å². The lowest BCUT2D eigenvalue weighted by Gasteiger charge is -2.25. The third-order valence-electron chi connectivity index (χ3n) is 5.71. The van der Waals surface area contributed by atoms with Gasteiger partial charge in [0.2, 0.25) is 0 Å². The van der Waals surface area contributed by atoms with Crippen LogP contribution in [0.3, 0.4) is 0 Å². The molecule has 0 aliphatic carbocycles. The minimum atomic E-state index is -3.95. The first-order chi connectivity index (χ1) is 14.4. The smallest absolute Gasteiger partial charge is 0.264 e. The topological polar surface area (TPSA) is 126 Å². The third kappa shape index (κ3) is 3.98. The first-order valence-corrected chi connectivity index (χ1v) is 11.2. The average molecular weight is 451 g/mol. The van der Waals surface area contributed by atoms with Gasteiger partial charge in [0.05, 0.1) is 0 Å². The van der Waals surface area contributed by atoms with Crippen LogP contribution in [-0.4, -0.2) is 53.0 Å². The standard InChI is InChI=1S/C20H22FN3O6S/c1-20(19(27)22-28,31(3,29)30)6-7-24-11-16(21)14(9-17(24)25)12-4-5-13-10-23(2)18(26)15(13)8-12/h4-5,8-9,11,28H,6-7,10H2,1-3H3,(H,22,27). The number of nitrogens with zero attached hydrogens (tertiary/aromatic N) is 2. The number of carbonyl (C=O) groups is 2. The Morgan fingerprint density at radius 2 is 1.94 bits per heavy atom. The minimum absolute atomic E-state index is 0.00498. The second-order valence-electron chi connectivity index (χ2n) is 7.79. The molecule has 1 aromatic heterocycles. The molecule has 1 aliphatic rings. The van der Waals surface area contributed by atoms with Gasteiger partial charge in [-0.15, -0.1) is 0 Å². The molecule has 0 fully saturated rings. The van der Waals surface area contributed by atoms with Crippen LogP contribution in [-0.2, 0) is 27.7 Å². The highest BCUT2D eigenvalue weighted by atomic mass is 32.2. The summed E-state index contributed by atoms with van der Waals surface area (Å²) in [5.41, 5.74) is 2.34. The number of benzene rings is 1. The predicted molar refractivity (Wildman–Crippen MR) is 110 cm³/mol. The fourth-order valence-corrected chi connectivity index (χ4v) is 4.32. The van der Waals surface area contributed by atoms with E-state index in [2.05, 4.69) is 0 Å². The van der Waals surface area contributed by atoms with Gasteiger partial charge in [0.25, 0.3) is 17.4 Å². The van der Waals surface area contributed by atoms with Gasteiger partial charge < -0.3 is 9.47 Å². The fourth-order valence-electron chi connectivity index (χ4n) is 3.47. The Labute approximate surface area is 178 Å². The van der Waals surface area contributed by atoms with Crippen LogP contribution in [0.5, 0.6) is 0 Å². The zero-order valence-corrected chi connectivity index (χ0v) is 18.0. The van der Waals surface area contributed by atoms with Gasteiger partial charge >= 0.3 is 0 Å². The van der Waals surface area contributed by atoms with Crippen LogP contribution in [0.2, 0.25) is 0 Å². The molecule has 31 heavy (non-hydrogen) atoms. The maximum atomic E-state index is 14.8. The quantitative estimate of drug-likeness (QED) is 0.497. The molecule has 2 heterocycles. The number of pyridine rings is 1. The van der Waals surface area contributed by atoms with Crippen molar-refractivity contribution in [1.29, 1.82) is 0 Å². The van der Waals surface area contributed by atoms with E-state index in [0.29, 0.717) is 17.7 Å². The summed E-state index contributed by atoms with van der Waals surface area (Å²) in [5, 5.41) is 8.87. The molecule has 3 rings (SSSR count). The molecule has 1 atom stereocenters. The summed E-state index contributed by atoms with van der Waals surface area (Å²) < 4.78 is 37.9. The Hall–Kier alpha value is -3.05. The van der Waals surface area contributed by atoms with E-state index in [-0.39, 0.29) is 24.4 Å². The van der Waals surface area contributed by atoms with Crippen LogP contribution in [0.15, 0.2) is 35.3 Å². The van der Waals surface area contributed by atoms with Crippen LogP contribution in [0.1, 0.15) is 29.3 Å². The number of nitrogens with one attached hydrogen (secondary N) is 1. The van der Waals surface area contributed by atoms with Gasteiger partial charge in [-0.2, -0.15) is 0 Å². The summed E-state index contributed by atoms with van der Waals surface area (Å²) in [6.45, 7) is 1.29. The molecule has 1 aromatic carbocycles. The maximum Gasteiger partial charge on any atom is 0.264 e. The molecule has 0 bridgehead atoms. The van der Waals surface area contributed by atoms with Gasteiger partial charge in [-0.25, -0.2) is 18.3 Å². The molecule has 11 heteroatoms. The van der Waals surface area contributed by atoms with Crippen molar-refractivity contribution in [2.45, 2.75) is 31.2 Å². The van der Waals surface area contributed by atoms with Crippen molar-refractivity contribution in [2.75, 3.05) is 13.3 Å². The van der Waals surface area contributed by atoms with Crippen molar-refractivity contribution in [3.63, 3.8) is 0 Å². The summed E-state index contributed by atoms with van der Waals surface area (Å²) in [6.07, 6.45) is 1.40. The number of halogens is 1. The number of hydroxylamine groups is 1. The molecule has 1 unspecified atom stereocenters. The molecule has 0 saturated heterocycles. The second kappa shape index (κ2) is 7.89. The van der Waals surface area contributed by atoms with Gasteiger partial charge in [0.1, 0.15) is 5.82 Å². The Kier molecular flexibility index (Phi) is 5.76. The number of carbonyl (C=O) groups excluding carboxylic acids is 2. The van der Waals surface area contributed by atoms with Crippen molar-refractivity contribution in [2.24, 2.45) is 0 Å². The van der Waals surface area contributed by atoms with E-state index in [0.717, 1.165) is 35.6 Å². The van der Waals surface area contributed by atoms with E-state index in [1.54, 1.807) is 19.2 Å². The number of hydrogen-bond donors (Lipinski definition) is 2. The number of rotatable bonds is 6. The van der Waals surface area contributed by atoms with Crippen molar-refractivity contribution in [1.82, 2.24) is 14.9 Å². The number of aryl methyl sites for hydroxylation is 1. The summed E-state index contributed by atoms with van der Waals surface area (Å²) in [6, 6.07) is 5.93. The number of fused-ring (bicyclic) bond motifs is 1. The largest absolute Gasteiger partial charge is 0.337 e. The molecule has 2 N–H and O–H groups in total. The van der Waals surface area contributed by atoms with Crippen molar-refractivity contribution >= 4 is 21.7 Å². The van der Waals surface area contributed by atoms with Crippen LogP contribution < -0.4 is 11.0 Å². The normalized spacial score (nSPS) is 15.5. The lowest BCUT2D eigenvalue weighted by atomic mass is 10.0. The minimum Gasteiger partial charge on any atom is -0.337 e. The van der Waals surface area contributed by atoms with Crippen LogP contribution in [0.4, 0.5) is 4.39 Å². The molecular weight excluding hydrogens is 429 g/mol. The molecule has 0 radical (unpaired) electrons. The Balaban J connectivity index is 1.93. The maximum absolute atomic E-state index is 14.8. The van der Waals surface area contributed by atoms with E-state index in [1.807, 2.05) is 0 Å². The van der Waals surface area contributed by atoms with Gasteiger partial charge in [-0.1, -0.05) is 12.1 Å². The predicted octanol–water partition coefficient (Wildman–Crippen LogP) is 0.939. The van der Waals surface area contributed by atoms with E-state index in [1.165, 1.54) is 16.4 Å². The Bertz CT molecular complexity index is 1240. The molecule has 2 aromatic rings. The first-order valence-electron chi connectivity index (χ1n) is 9.32. The van der Waals surface area contributed by atoms with Crippen LogP contribution in [0, 0.1) is 5.82 Å².